The number of aromatic amines is 1. The van der Waals surface area contributed by atoms with Gasteiger partial charge in [-0.05, 0) is 24.1 Å². The van der Waals surface area contributed by atoms with Gasteiger partial charge in [-0.2, -0.15) is 0 Å². The van der Waals surface area contributed by atoms with Gasteiger partial charge >= 0.3 is 0 Å². The van der Waals surface area contributed by atoms with Crippen LogP contribution in [0.2, 0.25) is 0 Å². The number of ether oxygens (including phenoxy) is 1. The third-order valence-electron chi connectivity index (χ3n) is 4.80. The average Bonchev–Trinajstić information content (AvgIpc) is 3.17. The minimum Gasteiger partial charge on any atom is -0.383 e. The zero-order valence-electron chi connectivity index (χ0n) is 13.4. The number of methoxy groups -OCH3 is 1. The Morgan fingerprint density at radius 3 is 3.22 bits per heavy atom. The summed E-state index contributed by atoms with van der Waals surface area (Å²) >= 11 is 0. The van der Waals surface area contributed by atoms with Crippen molar-refractivity contribution >= 4 is 10.9 Å². The van der Waals surface area contributed by atoms with E-state index in [-0.39, 0.29) is 0 Å². The molecule has 0 spiro atoms. The molecule has 0 bridgehead atoms. The van der Waals surface area contributed by atoms with E-state index >= 15 is 0 Å². The maximum atomic E-state index is 5.48. The standard InChI is InChI=1S/C18H22N4O/c1-23-12-15-6-8-21-13-19-9-16(21)11-22(15)10-14-3-2-4-18-17(14)5-7-20-18/h2-5,7,9,13,15,20H,6,8,10-12H2,1H3/t15-/m1/s1. The van der Waals surface area contributed by atoms with Gasteiger partial charge < -0.3 is 14.3 Å². The number of hydrogen-bond donors (Lipinski definition) is 1. The highest BCUT2D eigenvalue weighted by Crippen LogP contribution is 2.24. The fraction of sp³-hybridized carbons (Fsp3) is 0.389. The van der Waals surface area contributed by atoms with Crippen molar-refractivity contribution in [2.75, 3.05) is 13.7 Å². The molecule has 1 atom stereocenters. The summed E-state index contributed by atoms with van der Waals surface area (Å²) in [4.78, 5) is 10.1. The number of hydrogen-bond acceptors (Lipinski definition) is 3. The number of rotatable bonds is 4. The van der Waals surface area contributed by atoms with Gasteiger partial charge in [-0.25, -0.2) is 4.98 Å². The minimum atomic E-state index is 0.425. The summed E-state index contributed by atoms with van der Waals surface area (Å²) < 4.78 is 7.74. The summed E-state index contributed by atoms with van der Waals surface area (Å²) in [5, 5.41) is 1.31. The molecule has 5 nitrogen and oxygen atoms in total. The summed E-state index contributed by atoms with van der Waals surface area (Å²) in [7, 11) is 1.79. The Balaban J connectivity index is 1.65. The molecule has 0 aliphatic carbocycles. The van der Waals surface area contributed by atoms with Crippen LogP contribution < -0.4 is 0 Å². The van der Waals surface area contributed by atoms with Crippen LogP contribution in [0.4, 0.5) is 0 Å². The third-order valence-corrected chi connectivity index (χ3v) is 4.80. The Morgan fingerprint density at radius 2 is 2.30 bits per heavy atom. The van der Waals surface area contributed by atoms with Gasteiger partial charge in [-0.15, -0.1) is 0 Å². The maximum absolute atomic E-state index is 5.48. The van der Waals surface area contributed by atoms with Crippen LogP contribution in [0, 0.1) is 0 Å². The molecule has 0 unspecified atom stereocenters. The maximum Gasteiger partial charge on any atom is 0.0948 e. The molecule has 0 saturated heterocycles. The van der Waals surface area contributed by atoms with Crippen molar-refractivity contribution < 1.29 is 4.74 Å². The first-order valence-electron chi connectivity index (χ1n) is 8.12. The van der Waals surface area contributed by atoms with Crippen molar-refractivity contribution in [3.8, 4) is 0 Å². The van der Waals surface area contributed by atoms with E-state index in [4.69, 9.17) is 4.74 Å². The van der Waals surface area contributed by atoms with E-state index in [0.717, 1.165) is 32.7 Å². The van der Waals surface area contributed by atoms with Gasteiger partial charge in [-0.1, -0.05) is 12.1 Å². The predicted octanol–water partition coefficient (Wildman–Crippen LogP) is 2.79. The fourth-order valence-corrected chi connectivity index (χ4v) is 3.56. The first-order valence-corrected chi connectivity index (χ1v) is 8.12. The molecular formula is C18H22N4O. The Kier molecular flexibility index (Phi) is 3.89. The molecule has 1 N–H and O–H groups in total. The lowest BCUT2D eigenvalue weighted by Gasteiger charge is -2.29. The van der Waals surface area contributed by atoms with Crippen LogP contribution in [-0.2, 0) is 24.4 Å². The van der Waals surface area contributed by atoms with E-state index in [2.05, 4.69) is 43.7 Å². The number of benzene rings is 1. The van der Waals surface area contributed by atoms with E-state index in [1.54, 1.807) is 7.11 Å². The highest BCUT2D eigenvalue weighted by molar-refractivity contribution is 5.82. The molecule has 2 aromatic heterocycles. The van der Waals surface area contributed by atoms with Crippen molar-refractivity contribution in [2.24, 2.45) is 0 Å². The number of aryl methyl sites for hydroxylation is 1. The van der Waals surface area contributed by atoms with E-state index in [9.17, 15) is 0 Å². The minimum absolute atomic E-state index is 0.425. The first-order chi connectivity index (χ1) is 11.3. The van der Waals surface area contributed by atoms with Gasteiger partial charge in [0.1, 0.15) is 0 Å². The zero-order chi connectivity index (χ0) is 15.6. The van der Waals surface area contributed by atoms with Crippen LogP contribution >= 0.6 is 0 Å². The SMILES string of the molecule is COC[C@H]1CCn2cncc2CN1Cc1cccc2[nH]ccc12. The normalized spacial score (nSPS) is 18.9. The van der Waals surface area contributed by atoms with Crippen LogP contribution in [0.5, 0.6) is 0 Å². The number of H-pyrrole nitrogens is 1. The molecule has 1 aliphatic heterocycles. The van der Waals surface area contributed by atoms with E-state index in [1.807, 2.05) is 18.7 Å². The molecule has 0 saturated carbocycles. The summed E-state index contributed by atoms with van der Waals surface area (Å²) in [6, 6.07) is 9.07. The third kappa shape index (κ3) is 2.78. The first kappa shape index (κ1) is 14.5. The van der Waals surface area contributed by atoms with E-state index in [1.165, 1.54) is 22.2 Å². The van der Waals surface area contributed by atoms with Crippen LogP contribution in [0.1, 0.15) is 17.7 Å². The van der Waals surface area contributed by atoms with Crippen molar-refractivity contribution in [1.29, 1.82) is 0 Å². The molecular weight excluding hydrogens is 288 g/mol. The van der Waals surface area contributed by atoms with Gasteiger partial charge in [0, 0.05) is 56.1 Å². The van der Waals surface area contributed by atoms with Crippen LogP contribution in [0.3, 0.4) is 0 Å². The lowest BCUT2D eigenvalue weighted by Crippen LogP contribution is -2.36. The lowest BCUT2D eigenvalue weighted by molar-refractivity contribution is 0.0783. The zero-order valence-corrected chi connectivity index (χ0v) is 13.4. The smallest absolute Gasteiger partial charge is 0.0948 e. The van der Waals surface area contributed by atoms with Crippen LogP contribution in [0.15, 0.2) is 43.0 Å². The second-order valence-corrected chi connectivity index (χ2v) is 6.24. The molecule has 0 radical (unpaired) electrons. The van der Waals surface area contributed by atoms with Gasteiger partial charge in [-0.3, -0.25) is 4.90 Å². The van der Waals surface area contributed by atoms with Gasteiger partial charge in [0.05, 0.1) is 18.6 Å². The van der Waals surface area contributed by atoms with Crippen molar-refractivity contribution in [3.05, 3.63) is 54.2 Å². The molecule has 0 fully saturated rings. The molecule has 3 aromatic rings. The molecule has 120 valence electrons. The highest BCUT2D eigenvalue weighted by atomic mass is 16.5. The van der Waals surface area contributed by atoms with Crippen molar-refractivity contribution in [3.63, 3.8) is 0 Å². The van der Waals surface area contributed by atoms with E-state index < -0.39 is 0 Å². The number of nitrogens with one attached hydrogen (secondary N) is 1. The van der Waals surface area contributed by atoms with Crippen LogP contribution in [-0.4, -0.2) is 39.2 Å². The van der Waals surface area contributed by atoms with Gasteiger partial charge in [0.25, 0.3) is 0 Å². The predicted molar refractivity (Wildman–Crippen MR) is 90.1 cm³/mol. The van der Waals surface area contributed by atoms with Crippen molar-refractivity contribution in [2.45, 2.75) is 32.1 Å². The molecule has 4 rings (SSSR count). The number of imidazole rings is 1. The fourth-order valence-electron chi connectivity index (χ4n) is 3.56. The summed E-state index contributed by atoms with van der Waals surface area (Å²) in [6.45, 7) is 3.61. The Bertz CT molecular complexity index is 791. The highest BCUT2D eigenvalue weighted by Gasteiger charge is 2.24. The van der Waals surface area contributed by atoms with Gasteiger partial charge in [0.15, 0.2) is 0 Å². The summed E-state index contributed by atoms with van der Waals surface area (Å²) in [5.41, 5.74) is 3.84. The van der Waals surface area contributed by atoms with Crippen LogP contribution in [0.25, 0.3) is 10.9 Å². The largest absolute Gasteiger partial charge is 0.383 e. The monoisotopic (exact) mass is 310 g/mol. The van der Waals surface area contributed by atoms with E-state index in [0.29, 0.717) is 6.04 Å². The molecule has 3 heterocycles. The number of nitrogens with zero attached hydrogens (tertiary/aromatic N) is 3. The topological polar surface area (TPSA) is 46.1 Å². The Morgan fingerprint density at radius 1 is 1.35 bits per heavy atom. The second kappa shape index (κ2) is 6.18. The molecule has 5 heteroatoms. The Labute approximate surface area is 135 Å². The average molecular weight is 310 g/mol. The quantitative estimate of drug-likeness (QED) is 0.806. The number of aromatic nitrogens is 3. The Hall–Kier alpha value is -2.11. The second-order valence-electron chi connectivity index (χ2n) is 6.24. The lowest BCUT2D eigenvalue weighted by atomic mass is 10.1. The summed E-state index contributed by atoms with van der Waals surface area (Å²) in [6.07, 6.45) is 7.02. The summed E-state index contributed by atoms with van der Waals surface area (Å²) in [5.74, 6) is 0. The molecule has 23 heavy (non-hydrogen) atoms. The molecule has 0 amide bonds. The van der Waals surface area contributed by atoms with Crippen molar-refractivity contribution in [1.82, 2.24) is 19.4 Å². The molecule has 1 aromatic carbocycles. The van der Waals surface area contributed by atoms with Gasteiger partial charge in [0.2, 0.25) is 0 Å². The number of fused-ring (bicyclic) bond motifs is 2. The molecule has 1 aliphatic rings.